The molecule has 6 heteroatoms. The third-order valence-electron chi connectivity index (χ3n) is 5.06. The monoisotopic (exact) mass is 378 g/mol. The molecule has 1 saturated heterocycles. The van der Waals surface area contributed by atoms with Crippen molar-refractivity contribution in [3.8, 4) is 0 Å². The fourth-order valence-corrected chi connectivity index (χ4v) is 4.03. The standard InChI is InChI=1S/C21H25F3N2O/c1-19(2,3)17-14-9-7-6-8-13(14)10-11-15(17)18(21(22,23)24)26-20(4,5)12-16(27)25-26/h6-11,18H,12H2,1-5H3,(H,25,27)/t18-/m0/s1. The van der Waals surface area contributed by atoms with Crippen molar-refractivity contribution >= 4 is 16.7 Å². The van der Waals surface area contributed by atoms with Crippen molar-refractivity contribution in [3.05, 3.63) is 47.5 Å². The number of hydrogen-bond acceptors (Lipinski definition) is 2. The van der Waals surface area contributed by atoms with Gasteiger partial charge in [-0.15, -0.1) is 0 Å². The third-order valence-corrected chi connectivity index (χ3v) is 5.06. The fourth-order valence-electron chi connectivity index (χ4n) is 4.03. The topological polar surface area (TPSA) is 32.3 Å². The van der Waals surface area contributed by atoms with E-state index in [2.05, 4.69) is 5.43 Å². The molecule has 1 heterocycles. The van der Waals surface area contributed by atoms with Gasteiger partial charge >= 0.3 is 6.18 Å². The maximum absolute atomic E-state index is 14.3. The summed E-state index contributed by atoms with van der Waals surface area (Å²) in [4.78, 5) is 11.9. The van der Waals surface area contributed by atoms with Crippen LogP contribution in [0.3, 0.4) is 0 Å². The van der Waals surface area contributed by atoms with Gasteiger partial charge in [0.25, 0.3) is 0 Å². The molecule has 2 aromatic carbocycles. The highest BCUT2D eigenvalue weighted by Crippen LogP contribution is 2.47. The molecule has 27 heavy (non-hydrogen) atoms. The van der Waals surface area contributed by atoms with Crippen LogP contribution in [0.4, 0.5) is 13.2 Å². The molecule has 0 aromatic heterocycles. The second-order valence-corrected chi connectivity index (χ2v) is 8.84. The molecule has 1 aliphatic heterocycles. The van der Waals surface area contributed by atoms with Gasteiger partial charge in [0.15, 0.2) is 6.04 Å². The summed E-state index contributed by atoms with van der Waals surface area (Å²) in [7, 11) is 0. The highest BCUT2D eigenvalue weighted by molar-refractivity contribution is 5.88. The summed E-state index contributed by atoms with van der Waals surface area (Å²) in [6, 6.07) is 8.84. The van der Waals surface area contributed by atoms with Gasteiger partial charge in [-0.2, -0.15) is 18.2 Å². The van der Waals surface area contributed by atoms with Crippen LogP contribution in [-0.4, -0.2) is 22.6 Å². The van der Waals surface area contributed by atoms with E-state index in [0.717, 1.165) is 15.8 Å². The van der Waals surface area contributed by atoms with Crippen LogP contribution < -0.4 is 5.43 Å². The Bertz CT molecular complexity index is 881. The van der Waals surface area contributed by atoms with E-state index in [1.54, 1.807) is 26.0 Å². The van der Waals surface area contributed by atoms with E-state index in [9.17, 15) is 18.0 Å². The first kappa shape index (κ1) is 19.7. The fraction of sp³-hybridized carbons (Fsp3) is 0.476. The Morgan fingerprint density at radius 1 is 1.07 bits per heavy atom. The predicted octanol–water partition coefficient (Wildman–Crippen LogP) is 5.26. The van der Waals surface area contributed by atoms with Gasteiger partial charge < -0.3 is 0 Å². The smallest absolute Gasteiger partial charge is 0.287 e. The number of nitrogens with one attached hydrogen (secondary N) is 1. The average Bonchev–Trinajstić information content (AvgIpc) is 2.77. The molecule has 1 fully saturated rings. The number of benzene rings is 2. The number of hydrazine groups is 1. The van der Waals surface area contributed by atoms with E-state index in [-0.39, 0.29) is 12.0 Å². The normalized spacial score (nSPS) is 19.3. The van der Waals surface area contributed by atoms with Crippen molar-refractivity contribution in [3.63, 3.8) is 0 Å². The summed E-state index contributed by atoms with van der Waals surface area (Å²) < 4.78 is 42.9. The quantitative estimate of drug-likeness (QED) is 0.773. The lowest BCUT2D eigenvalue weighted by Crippen LogP contribution is -2.52. The first-order chi connectivity index (χ1) is 12.3. The molecule has 0 bridgehead atoms. The van der Waals surface area contributed by atoms with Crippen LogP contribution in [0, 0.1) is 0 Å². The zero-order chi connectivity index (χ0) is 20.2. The molecule has 0 unspecified atom stereocenters. The summed E-state index contributed by atoms with van der Waals surface area (Å²) in [5.41, 5.74) is 1.83. The number of fused-ring (bicyclic) bond motifs is 1. The minimum atomic E-state index is -4.54. The lowest BCUT2D eigenvalue weighted by molar-refractivity contribution is -0.204. The van der Waals surface area contributed by atoms with Crippen LogP contribution in [0.1, 0.15) is 58.2 Å². The zero-order valence-electron chi connectivity index (χ0n) is 16.2. The summed E-state index contributed by atoms with van der Waals surface area (Å²) in [5, 5.41) is 2.78. The van der Waals surface area contributed by atoms with E-state index in [1.807, 2.05) is 45.0 Å². The van der Waals surface area contributed by atoms with Crippen LogP contribution in [0.5, 0.6) is 0 Å². The van der Waals surface area contributed by atoms with Crippen molar-refractivity contribution in [1.82, 2.24) is 10.4 Å². The number of halogens is 3. The molecule has 2 aromatic rings. The molecule has 0 radical (unpaired) electrons. The molecular weight excluding hydrogens is 353 g/mol. The highest BCUT2D eigenvalue weighted by atomic mass is 19.4. The second-order valence-electron chi connectivity index (χ2n) is 8.84. The highest BCUT2D eigenvalue weighted by Gasteiger charge is 2.54. The molecule has 1 amide bonds. The van der Waals surface area contributed by atoms with Gasteiger partial charge in [0.05, 0.1) is 0 Å². The second kappa shape index (κ2) is 6.23. The molecule has 146 valence electrons. The molecule has 0 saturated carbocycles. The van der Waals surface area contributed by atoms with Crippen molar-refractivity contribution < 1.29 is 18.0 Å². The van der Waals surface area contributed by atoms with Gasteiger partial charge in [-0.1, -0.05) is 57.2 Å². The Morgan fingerprint density at radius 2 is 1.70 bits per heavy atom. The van der Waals surface area contributed by atoms with E-state index >= 15 is 0 Å². The van der Waals surface area contributed by atoms with Crippen molar-refractivity contribution in [1.29, 1.82) is 0 Å². The molecular formula is C21H25F3N2O. The number of alkyl halides is 3. The SMILES string of the molecule is CC(C)(C)c1c([C@H](N2NC(=O)CC2(C)C)C(F)(F)F)ccc2ccccc12. The summed E-state index contributed by atoms with van der Waals surface area (Å²) in [6.45, 7) is 9.06. The van der Waals surface area contributed by atoms with Crippen molar-refractivity contribution in [2.75, 3.05) is 0 Å². The molecule has 0 spiro atoms. The molecule has 3 nitrogen and oxygen atoms in total. The van der Waals surface area contributed by atoms with Crippen LogP contribution >= 0.6 is 0 Å². The molecule has 1 atom stereocenters. The lowest BCUT2D eigenvalue weighted by Gasteiger charge is -2.40. The maximum Gasteiger partial charge on any atom is 0.409 e. The van der Waals surface area contributed by atoms with E-state index in [4.69, 9.17) is 0 Å². The van der Waals surface area contributed by atoms with Gasteiger partial charge in [0, 0.05) is 12.0 Å². The van der Waals surface area contributed by atoms with Crippen molar-refractivity contribution in [2.24, 2.45) is 0 Å². The van der Waals surface area contributed by atoms with Crippen LogP contribution in [0.25, 0.3) is 10.8 Å². The van der Waals surface area contributed by atoms with E-state index < -0.39 is 29.1 Å². The third kappa shape index (κ3) is 3.55. The lowest BCUT2D eigenvalue weighted by atomic mass is 9.78. The Kier molecular flexibility index (Phi) is 4.54. The zero-order valence-corrected chi connectivity index (χ0v) is 16.2. The first-order valence-corrected chi connectivity index (χ1v) is 9.00. The average molecular weight is 378 g/mol. The van der Waals surface area contributed by atoms with Crippen LogP contribution in [0.2, 0.25) is 0 Å². The van der Waals surface area contributed by atoms with Gasteiger partial charge in [0.2, 0.25) is 5.91 Å². The van der Waals surface area contributed by atoms with Gasteiger partial charge in [-0.3, -0.25) is 10.2 Å². The molecule has 0 aliphatic carbocycles. The minimum absolute atomic E-state index is 0.0258. The minimum Gasteiger partial charge on any atom is -0.287 e. The van der Waals surface area contributed by atoms with Gasteiger partial charge in [0.1, 0.15) is 0 Å². The number of amides is 1. The first-order valence-electron chi connectivity index (χ1n) is 9.00. The van der Waals surface area contributed by atoms with Crippen molar-refractivity contribution in [2.45, 2.75) is 64.2 Å². The van der Waals surface area contributed by atoms with E-state index in [0.29, 0.717) is 5.56 Å². The van der Waals surface area contributed by atoms with E-state index in [1.165, 1.54) is 0 Å². The molecule has 3 rings (SSSR count). The van der Waals surface area contributed by atoms with Gasteiger partial charge in [-0.25, -0.2) is 0 Å². The number of carbonyl (C=O) groups is 1. The summed E-state index contributed by atoms with van der Waals surface area (Å²) >= 11 is 0. The Labute approximate surface area is 157 Å². The Balaban J connectivity index is 2.31. The number of rotatable bonds is 2. The number of nitrogens with zero attached hydrogens (tertiary/aromatic N) is 1. The Hall–Kier alpha value is -2.08. The Morgan fingerprint density at radius 3 is 2.22 bits per heavy atom. The molecule has 1 aliphatic rings. The summed E-state index contributed by atoms with van der Waals surface area (Å²) in [6.07, 6.45) is -4.52. The summed E-state index contributed by atoms with van der Waals surface area (Å²) in [5.74, 6) is -0.396. The largest absolute Gasteiger partial charge is 0.409 e. The number of hydrogen-bond donors (Lipinski definition) is 1. The predicted molar refractivity (Wildman–Crippen MR) is 100 cm³/mol. The van der Waals surface area contributed by atoms with Gasteiger partial charge in [-0.05, 0) is 41.2 Å². The van der Waals surface area contributed by atoms with Crippen LogP contribution in [0.15, 0.2) is 36.4 Å². The van der Waals surface area contributed by atoms with Crippen LogP contribution in [-0.2, 0) is 10.2 Å². The maximum atomic E-state index is 14.3. The molecule has 1 N–H and O–H groups in total. The number of carbonyl (C=O) groups excluding carboxylic acids is 1.